The molecule has 0 spiro atoms. The van der Waals surface area contributed by atoms with Crippen molar-refractivity contribution in [3.8, 4) is 0 Å². The fraction of sp³-hybridized carbons (Fsp3) is 0.182. The lowest BCUT2D eigenvalue weighted by Crippen LogP contribution is -2.52. The topological polar surface area (TPSA) is 12.9 Å². The second kappa shape index (κ2) is 3.67. The van der Waals surface area contributed by atoms with Gasteiger partial charge in [0.25, 0.3) is 0 Å². The van der Waals surface area contributed by atoms with Crippen molar-refractivity contribution in [3.63, 3.8) is 0 Å². The third-order valence-electron chi connectivity index (χ3n) is 2.46. The van der Waals surface area contributed by atoms with Crippen LogP contribution in [0.1, 0.15) is 0 Å². The molecule has 0 saturated heterocycles. The molecule has 0 atom stereocenters. The largest absolute Gasteiger partial charge is 0.254 e. The molecule has 72 valence electrons. The highest BCUT2D eigenvalue weighted by Gasteiger charge is 2.28. The molecule has 3 heteroatoms. The summed E-state index contributed by atoms with van der Waals surface area (Å²) in [5, 5.41) is 3.52. The van der Waals surface area contributed by atoms with E-state index in [2.05, 4.69) is 53.8 Å². The lowest BCUT2D eigenvalue weighted by atomic mass is 10.4. The van der Waals surface area contributed by atoms with Gasteiger partial charge < -0.3 is 0 Å². The molecule has 0 aliphatic carbocycles. The maximum Gasteiger partial charge on any atom is 0.148 e. The van der Waals surface area contributed by atoms with Crippen LogP contribution in [0.2, 0.25) is 13.1 Å². The zero-order valence-electron chi connectivity index (χ0n) is 8.40. The second-order valence-electron chi connectivity index (χ2n) is 3.83. The summed E-state index contributed by atoms with van der Waals surface area (Å²) >= 11 is 1.78. The highest BCUT2D eigenvalue weighted by Crippen LogP contribution is 2.06. The Balaban J connectivity index is 2.43. The Kier molecular flexibility index (Phi) is 2.52. The van der Waals surface area contributed by atoms with Crippen molar-refractivity contribution in [1.82, 2.24) is 4.98 Å². The Morgan fingerprint density at radius 2 is 1.86 bits per heavy atom. The van der Waals surface area contributed by atoms with Gasteiger partial charge in [-0.05, 0) is 0 Å². The maximum atomic E-state index is 4.44. The van der Waals surface area contributed by atoms with E-state index in [0.29, 0.717) is 0 Å². The Labute approximate surface area is 89.5 Å². The molecule has 1 aromatic carbocycles. The Bertz CT molecular complexity index is 394. The lowest BCUT2D eigenvalue weighted by molar-refractivity contribution is 1.45. The highest BCUT2D eigenvalue weighted by molar-refractivity contribution is 7.27. The Hall–Kier alpha value is -0.933. The van der Waals surface area contributed by atoms with Crippen molar-refractivity contribution < 1.29 is 0 Å². The molecule has 2 aromatic rings. The number of rotatable bonds is 2. The van der Waals surface area contributed by atoms with Crippen LogP contribution in [0, 0.1) is 0 Å². The quantitative estimate of drug-likeness (QED) is 0.704. The first-order chi connectivity index (χ1) is 6.71. The molecule has 0 aliphatic rings. The predicted octanol–water partition coefficient (Wildman–Crippen LogP) is 1.97. The summed E-state index contributed by atoms with van der Waals surface area (Å²) in [6.45, 7) is 4.70. The predicted molar refractivity (Wildman–Crippen MR) is 65.3 cm³/mol. The molecule has 14 heavy (non-hydrogen) atoms. The minimum Gasteiger partial charge on any atom is -0.254 e. The first kappa shape index (κ1) is 9.62. The molecule has 0 saturated carbocycles. The van der Waals surface area contributed by atoms with Gasteiger partial charge in [0.15, 0.2) is 0 Å². The van der Waals surface area contributed by atoms with Gasteiger partial charge >= 0.3 is 0 Å². The van der Waals surface area contributed by atoms with Gasteiger partial charge in [0.1, 0.15) is 8.07 Å². The summed E-state index contributed by atoms with van der Waals surface area (Å²) in [7, 11) is -1.50. The van der Waals surface area contributed by atoms with Gasteiger partial charge in [-0.2, -0.15) is 0 Å². The van der Waals surface area contributed by atoms with Crippen molar-refractivity contribution in [2.24, 2.45) is 0 Å². The molecule has 0 amide bonds. The van der Waals surface area contributed by atoms with Crippen molar-refractivity contribution in [2.75, 3.05) is 0 Å². The molecule has 0 unspecified atom stereocenters. The van der Waals surface area contributed by atoms with Crippen LogP contribution in [-0.2, 0) is 0 Å². The second-order valence-corrected chi connectivity index (χ2v) is 9.39. The summed E-state index contributed by atoms with van der Waals surface area (Å²) < 4.78 is 1.31. The van der Waals surface area contributed by atoms with E-state index >= 15 is 0 Å². The van der Waals surface area contributed by atoms with Gasteiger partial charge in [0.2, 0.25) is 0 Å². The van der Waals surface area contributed by atoms with Crippen molar-refractivity contribution in [2.45, 2.75) is 13.1 Å². The normalized spacial score (nSPS) is 11.6. The van der Waals surface area contributed by atoms with Crippen molar-refractivity contribution >= 4 is 29.2 Å². The van der Waals surface area contributed by atoms with E-state index in [-0.39, 0.29) is 0 Å². The summed E-state index contributed by atoms with van der Waals surface area (Å²) in [5.74, 6) is 0. The van der Waals surface area contributed by atoms with E-state index in [1.807, 2.05) is 6.20 Å². The maximum absolute atomic E-state index is 4.44. The van der Waals surface area contributed by atoms with Gasteiger partial charge in [-0.25, -0.2) is 0 Å². The zero-order valence-corrected chi connectivity index (χ0v) is 10.2. The van der Waals surface area contributed by atoms with Crippen molar-refractivity contribution in [3.05, 3.63) is 41.9 Å². The average molecular weight is 219 g/mol. The van der Waals surface area contributed by atoms with Crippen LogP contribution >= 0.6 is 11.3 Å². The number of hydrogen-bond acceptors (Lipinski definition) is 2. The monoisotopic (exact) mass is 219 g/mol. The van der Waals surface area contributed by atoms with Crippen LogP contribution in [0.4, 0.5) is 0 Å². The summed E-state index contributed by atoms with van der Waals surface area (Å²) in [4.78, 5) is 4.44. The molecule has 0 bridgehead atoms. The standard InChI is InChI=1S/C11H13NSSi/c1-14(2,11-12-8-9-13-11)10-6-4-3-5-7-10/h3-9H,1-2H3. The summed E-state index contributed by atoms with van der Waals surface area (Å²) in [6.07, 6.45) is 1.90. The number of aromatic nitrogens is 1. The van der Waals surface area contributed by atoms with Gasteiger partial charge in [0, 0.05) is 11.6 Å². The minimum atomic E-state index is -1.50. The van der Waals surface area contributed by atoms with E-state index < -0.39 is 8.07 Å². The van der Waals surface area contributed by atoms with Crippen LogP contribution < -0.4 is 9.82 Å². The zero-order chi connectivity index (χ0) is 10.0. The molecule has 1 aromatic heterocycles. The fourth-order valence-corrected chi connectivity index (χ4v) is 5.29. The Morgan fingerprint density at radius 1 is 1.14 bits per heavy atom. The summed E-state index contributed by atoms with van der Waals surface area (Å²) in [6, 6.07) is 10.7. The van der Waals surface area contributed by atoms with Crippen LogP contribution in [0.5, 0.6) is 0 Å². The lowest BCUT2D eigenvalue weighted by Gasteiger charge is -2.19. The van der Waals surface area contributed by atoms with Gasteiger partial charge in [-0.3, -0.25) is 4.98 Å². The first-order valence-electron chi connectivity index (χ1n) is 4.67. The number of benzene rings is 1. The van der Waals surface area contributed by atoms with Gasteiger partial charge in [-0.1, -0.05) is 48.6 Å². The first-order valence-corrected chi connectivity index (χ1v) is 8.55. The highest BCUT2D eigenvalue weighted by atomic mass is 32.1. The molecule has 0 radical (unpaired) electrons. The number of hydrogen-bond donors (Lipinski definition) is 0. The molecule has 0 N–H and O–H groups in total. The smallest absolute Gasteiger partial charge is 0.148 e. The third-order valence-corrected chi connectivity index (χ3v) is 7.91. The molecule has 1 nitrogen and oxygen atoms in total. The van der Waals surface area contributed by atoms with E-state index in [0.717, 1.165) is 0 Å². The van der Waals surface area contributed by atoms with Gasteiger partial charge in [-0.15, -0.1) is 11.3 Å². The van der Waals surface area contributed by atoms with Crippen LogP contribution in [0.15, 0.2) is 41.9 Å². The van der Waals surface area contributed by atoms with E-state index in [1.54, 1.807) is 11.3 Å². The van der Waals surface area contributed by atoms with Crippen LogP contribution in [0.3, 0.4) is 0 Å². The molecule has 0 fully saturated rings. The van der Waals surface area contributed by atoms with Crippen LogP contribution in [0.25, 0.3) is 0 Å². The SMILES string of the molecule is C[Si](C)(c1ccccc1)c1nccs1. The van der Waals surface area contributed by atoms with E-state index in [4.69, 9.17) is 0 Å². The van der Waals surface area contributed by atoms with Crippen LogP contribution in [-0.4, -0.2) is 13.1 Å². The number of thiazole rings is 1. The Morgan fingerprint density at radius 3 is 2.43 bits per heavy atom. The van der Waals surface area contributed by atoms with E-state index in [1.165, 1.54) is 9.82 Å². The summed E-state index contributed by atoms with van der Waals surface area (Å²) in [5.41, 5.74) is 0. The number of nitrogens with zero attached hydrogens (tertiary/aromatic N) is 1. The molecule has 2 rings (SSSR count). The fourth-order valence-electron chi connectivity index (χ4n) is 1.51. The molecule has 0 aliphatic heterocycles. The molecular weight excluding hydrogens is 206 g/mol. The third kappa shape index (κ3) is 1.65. The average Bonchev–Trinajstić information content (AvgIpc) is 2.72. The molecule has 1 heterocycles. The van der Waals surface area contributed by atoms with E-state index in [9.17, 15) is 0 Å². The molecular formula is C11H13NSSi. The van der Waals surface area contributed by atoms with Gasteiger partial charge in [0.05, 0.1) is 4.63 Å². The minimum absolute atomic E-state index is 1.31. The van der Waals surface area contributed by atoms with Crippen molar-refractivity contribution in [1.29, 1.82) is 0 Å².